The molecule has 0 saturated carbocycles. The van der Waals surface area contributed by atoms with Crippen LogP contribution in [0.2, 0.25) is 0 Å². The van der Waals surface area contributed by atoms with Crippen LogP contribution in [0.15, 0.2) is 0 Å². The Labute approximate surface area is 187 Å². The van der Waals surface area contributed by atoms with Gasteiger partial charge in [-0.15, -0.1) is 0 Å². The first-order chi connectivity index (χ1) is 9.99. The molecule has 4 N–H and O–H groups in total. The van der Waals surface area contributed by atoms with Crippen molar-refractivity contribution in [3.63, 3.8) is 0 Å². The van der Waals surface area contributed by atoms with E-state index in [1.165, 1.54) is 0 Å². The zero-order chi connectivity index (χ0) is 16.1. The third kappa shape index (κ3) is 16.9. The standard InChI is InChI=1S/C16H35O4P.K.H3N.H/c1-5-9-11-15(7-3)13-19-21(17,18)20-14-16(8-4)12-10-6-2;;;/h15-16H,5-14H2,1-4H3,(H,17,18);;1H3;/q;+1;;-1. The fraction of sp³-hybridized carbons (Fsp3) is 1.00. The van der Waals surface area contributed by atoms with Crippen LogP contribution in [-0.4, -0.2) is 18.1 Å². The van der Waals surface area contributed by atoms with Gasteiger partial charge in [-0.2, -0.15) is 0 Å². The zero-order valence-corrected chi connectivity index (χ0v) is 20.1. The second-order valence-electron chi connectivity index (χ2n) is 5.89. The first-order valence-electron chi connectivity index (χ1n) is 8.60. The molecule has 0 aromatic rings. The monoisotopic (exact) mass is 379 g/mol. The third-order valence-corrected chi connectivity index (χ3v) is 4.98. The molecule has 2 atom stereocenters. The van der Waals surface area contributed by atoms with Gasteiger partial charge < -0.3 is 12.5 Å². The van der Waals surface area contributed by atoms with Crippen LogP contribution in [0.4, 0.5) is 0 Å². The molecule has 0 heterocycles. The van der Waals surface area contributed by atoms with Gasteiger partial charge in [-0.05, 0) is 24.7 Å². The number of hydrogen-bond donors (Lipinski definition) is 2. The summed E-state index contributed by atoms with van der Waals surface area (Å²) >= 11 is 0. The molecule has 0 aromatic heterocycles. The van der Waals surface area contributed by atoms with Gasteiger partial charge in [-0.3, -0.25) is 9.05 Å². The number of phosphoric acid groups is 1. The van der Waals surface area contributed by atoms with Gasteiger partial charge in [0.25, 0.3) is 0 Å². The van der Waals surface area contributed by atoms with E-state index in [2.05, 4.69) is 27.7 Å². The van der Waals surface area contributed by atoms with E-state index in [0.717, 1.165) is 51.4 Å². The topological polar surface area (TPSA) is 90.8 Å². The summed E-state index contributed by atoms with van der Waals surface area (Å²) in [6.45, 7) is 9.10. The average molecular weight is 380 g/mol. The van der Waals surface area contributed by atoms with Gasteiger partial charge in [-0.25, -0.2) is 4.57 Å². The van der Waals surface area contributed by atoms with Gasteiger partial charge in [0.05, 0.1) is 13.2 Å². The molecule has 0 aromatic carbocycles. The third-order valence-electron chi connectivity index (χ3n) is 4.03. The van der Waals surface area contributed by atoms with Gasteiger partial charge in [0.2, 0.25) is 0 Å². The Morgan fingerprint density at radius 3 is 1.52 bits per heavy atom. The van der Waals surface area contributed by atoms with E-state index in [1.807, 2.05) is 0 Å². The summed E-state index contributed by atoms with van der Waals surface area (Å²) in [5.74, 6) is 0.687. The number of rotatable bonds is 14. The van der Waals surface area contributed by atoms with Gasteiger partial charge in [-0.1, -0.05) is 66.2 Å². The predicted octanol–water partition coefficient (Wildman–Crippen LogP) is 2.83. The van der Waals surface area contributed by atoms with Gasteiger partial charge in [0, 0.05) is 0 Å². The molecular formula is C16H39KNO4P. The van der Waals surface area contributed by atoms with Gasteiger partial charge in [0.1, 0.15) is 0 Å². The maximum atomic E-state index is 11.9. The maximum Gasteiger partial charge on any atom is 1.00 e. The first-order valence-corrected chi connectivity index (χ1v) is 10.1. The van der Waals surface area contributed by atoms with Crippen molar-refractivity contribution >= 4 is 7.82 Å². The van der Waals surface area contributed by atoms with Crippen LogP contribution in [0, 0.1) is 11.8 Å². The second kappa shape index (κ2) is 18.5. The van der Waals surface area contributed by atoms with E-state index < -0.39 is 7.82 Å². The van der Waals surface area contributed by atoms with Crippen molar-refractivity contribution in [2.75, 3.05) is 13.2 Å². The quantitative estimate of drug-likeness (QED) is 0.358. The van der Waals surface area contributed by atoms with Crippen LogP contribution in [0.1, 0.15) is 80.5 Å². The molecule has 0 radical (unpaired) electrons. The Balaban J connectivity index is -0.000000667. The molecule has 0 saturated heterocycles. The molecule has 2 unspecified atom stereocenters. The summed E-state index contributed by atoms with van der Waals surface area (Å²) in [6.07, 6.45) is 8.56. The molecule has 0 bridgehead atoms. The van der Waals surface area contributed by atoms with E-state index in [1.54, 1.807) is 0 Å². The molecule has 0 rings (SSSR count). The summed E-state index contributed by atoms with van der Waals surface area (Å²) in [5, 5.41) is 0. The largest absolute Gasteiger partial charge is 1.00 e. The Bertz CT molecular complexity index is 277. The Morgan fingerprint density at radius 1 is 0.913 bits per heavy atom. The van der Waals surface area contributed by atoms with E-state index >= 15 is 0 Å². The maximum absolute atomic E-state index is 11.9. The van der Waals surface area contributed by atoms with Crippen molar-refractivity contribution < 1.29 is 71.3 Å². The van der Waals surface area contributed by atoms with Crippen molar-refractivity contribution in [3.05, 3.63) is 0 Å². The fourth-order valence-electron chi connectivity index (χ4n) is 2.23. The first kappa shape index (κ1) is 29.5. The fourth-order valence-corrected chi connectivity index (χ4v) is 3.11. The molecule has 7 heteroatoms. The molecule has 0 aliphatic rings. The van der Waals surface area contributed by atoms with E-state index in [-0.39, 0.29) is 59.0 Å². The van der Waals surface area contributed by atoms with Crippen LogP contribution >= 0.6 is 7.82 Å². The Hall–Kier alpha value is 1.71. The molecule has 0 fully saturated rings. The number of phosphoric ester groups is 1. The molecule has 0 amide bonds. The minimum Gasteiger partial charge on any atom is -1.00 e. The summed E-state index contributed by atoms with van der Waals surface area (Å²) in [7, 11) is -3.89. The molecule has 0 aliphatic heterocycles. The second-order valence-corrected chi connectivity index (χ2v) is 7.35. The van der Waals surface area contributed by atoms with Crippen molar-refractivity contribution in [1.82, 2.24) is 6.15 Å². The minimum atomic E-state index is -3.89. The summed E-state index contributed by atoms with van der Waals surface area (Å²) in [6, 6.07) is 0. The van der Waals surface area contributed by atoms with Crippen molar-refractivity contribution in [1.29, 1.82) is 0 Å². The van der Waals surface area contributed by atoms with Crippen LogP contribution in [0.3, 0.4) is 0 Å². The van der Waals surface area contributed by atoms with Crippen LogP contribution in [0.25, 0.3) is 0 Å². The molecule has 5 nitrogen and oxygen atoms in total. The normalized spacial score (nSPS) is 15.9. The van der Waals surface area contributed by atoms with Crippen LogP contribution < -0.4 is 57.5 Å². The smallest absolute Gasteiger partial charge is 1.00 e. The molecule has 23 heavy (non-hydrogen) atoms. The van der Waals surface area contributed by atoms with Crippen molar-refractivity contribution in [2.45, 2.75) is 79.1 Å². The van der Waals surface area contributed by atoms with E-state index in [4.69, 9.17) is 9.05 Å². The summed E-state index contributed by atoms with van der Waals surface area (Å²) < 4.78 is 22.2. The zero-order valence-electron chi connectivity index (χ0n) is 17.1. The average Bonchev–Trinajstić information content (AvgIpc) is 2.47. The summed E-state index contributed by atoms with van der Waals surface area (Å²) in [4.78, 5) is 9.77. The van der Waals surface area contributed by atoms with Crippen LogP contribution in [-0.2, 0) is 13.6 Å². The summed E-state index contributed by atoms with van der Waals surface area (Å²) in [5.41, 5.74) is 0. The SMILES string of the molecule is CCCCC(CC)COP(=O)(O)OCC(CC)CCCC.N.[H-].[K+]. The van der Waals surface area contributed by atoms with Gasteiger partial charge in [0.15, 0.2) is 0 Å². The molecule has 0 aliphatic carbocycles. The Kier molecular flexibility index (Phi) is 23.7. The Morgan fingerprint density at radius 2 is 1.26 bits per heavy atom. The van der Waals surface area contributed by atoms with Crippen LogP contribution in [0.5, 0.6) is 0 Å². The van der Waals surface area contributed by atoms with E-state index in [0.29, 0.717) is 25.0 Å². The predicted molar refractivity (Wildman–Crippen MR) is 94.5 cm³/mol. The minimum absolute atomic E-state index is 0. The van der Waals surface area contributed by atoms with Crippen molar-refractivity contribution in [3.8, 4) is 0 Å². The number of unbranched alkanes of at least 4 members (excludes halogenated alkanes) is 2. The molecule has 138 valence electrons. The molecule has 0 spiro atoms. The molecular weight excluding hydrogens is 340 g/mol. The van der Waals surface area contributed by atoms with Crippen molar-refractivity contribution in [2.24, 2.45) is 11.8 Å². The van der Waals surface area contributed by atoms with E-state index in [9.17, 15) is 9.46 Å². The van der Waals surface area contributed by atoms with Gasteiger partial charge >= 0.3 is 59.2 Å². The number of hydrogen-bond acceptors (Lipinski definition) is 4.